The van der Waals surface area contributed by atoms with E-state index in [1.165, 1.54) is 65.0 Å². The minimum Gasteiger partial charge on any atom is -0.298 e. The molecule has 3 aliphatic heterocycles. The maximum Gasteiger partial charge on any atom is 0.0350 e. The smallest absolute Gasteiger partial charge is 0.0350 e. The van der Waals surface area contributed by atoms with E-state index >= 15 is 0 Å². The van der Waals surface area contributed by atoms with Gasteiger partial charge in [0.1, 0.15) is 0 Å². The van der Waals surface area contributed by atoms with Gasteiger partial charge in [0.25, 0.3) is 0 Å². The van der Waals surface area contributed by atoms with Crippen molar-refractivity contribution in [1.82, 2.24) is 14.7 Å². The summed E-state index contributed by atoms with van der Waals surface area (Å²) in [5.74, 6) is 2.83. The van der Waals surface area contributed by atoms with Crippen molar-refractivity contribution in [2.24, 2.45) is 23.2 Å². The summed E-state index contributed by atoms with van der Waals surface area (Å²) in [5.41, 5.74) is 0.837. The Labute approximate surface area is 162 Å². The third kappa shape index (κ3) is 3.73. The molecule has 3 heterocycles. The second-order valence-electron chi connectivity index (χ2n) is 12.0. The number of nitrogens with zero attached hydrogens (tertiary/aromatic N) is 3. The highest BCUT2D eigenvalue weighted by molar-refractivity contribution is 5.02. The standard InChI is InChI=1S/C23H43N3/c1-22(2,3)19-8-7-9-24(14-19)21-15-25(16-21)20-10-17-12-26(23(4,5)6)13-18(17)11-20/h17-21H,7-16H2,1-6H3. The molecule has 3 saturated heterocycles. The quantitative estimate of drug-likeness (QED) is 0.738. The lowest BCUT2D eigenvalue weighted by Crippen LogP contribution is -2.63. The molecule has 3 atom stereocenters. The van der Waals surface area contributed by atoms with Crippen molar-refractivity contribution in [3.63, 3.8) is 0 Å². The van der Waals surface area contributed by atoms with E-state index in [0.29, 0.717) is 11.0 Å². The van der Waals surface area contributed by atoms with Crippen molar-refractivity contribution >= 4 is 0 Å². The van der Waals surface area contributed by atoms with Gasteiger partial charge in [-0.3, -0.25) is 14.7 Å². The van der Waals surface area contributed by atoms with Gasteiger partial charge < -0.3 is 0 Å². The summed E-state index contributed by atoms with van der Waals surface area (Å²) < 4.78 is 0. The van der Waals surface area contributed by atoms with E-state index in [9.17, 15) is 0 Å². The topological polar surface area (TPSA) is 9.72 Å². The van der Waals surface area contributed by atoms with Crippen molar-refractivity contribution in [2.75, 3.05) is 39.3 Å². The van der Waals surface area contributed by atoms with Crippen LogP contribution >= 0.6 is 0 Å². The molecule has 3 nitrogen and oxygen atoms in total. The SMILES string of the molecule is CC(C)(C)C1CCCN(C2CN(C3CC4CN(C(C)(C)C)CC4C3)C2)C1. The lowest BCUT2D eigenvalue weighted by atomic mass is 9.76. The van der Waals surface area contributed by atoms with Gasteiger partial charge in [-0.2, -0.15) is 0 Å². The van der Waals surface area contributed by atoms with E-state index in [4.69, 9.17) is 0 Å². The van der Waals surface area contributed by atoms with Crippen LogP contribution in [0.2, 0.25) is 0 Å². The molecule has 4 rings (SSSR count). The number of likely N-dealkylation sites (tertiary alicyclic amines) is 3. The Morgan fingerprint density at radius 2 is 1.31 bits per heavy atom. The first kappa shape index (κ1) is 19.2. The molecule has 26 heavy (non-hydrogen) atoms. The summed E-state index contributed by atoms with van der Waals surface area (Å²) in [7, 11) is 0. The van der Waals surface area contributed by atoms with E-state index in [1.807, 2.05) is 0 Å². The summed E-state index contributed by atoms with van der Waals surface area (Å²) in [6, 6.07) is 1.75. The molecule has 0 aromatic carbocycles. The van der Waals surface area contributed by atoms with Gasteiger partial charge in [0.2, 0.25) is 0 Å². The fraction of sp³-hybridized carbons (Fsp3) is 1.00. The molecule has 0 aromatic heterocycles. The molecular formula is C23H43N3. The predicted octanol–water partition coefficient (Wildman–Crippen LogP) is 3.94. The minimum atomic E-state index is 0.361. The molecule has 3 heteroatoms. The van der Waals surface area contributed by atoms with Gasteiger partial charge >= 0.3 is 0 Å². The van der Waals surface area contributed by atoms with E-state index in [-0.39, 0.29) is 0 Å². The Kier molecular flexibility index (Phi) is 4.98. The highest BCUT2D eigenvalue weighted by Gasteiger charge is 2.47. The van der Waals surface area contributed by atoms with Crippen LogP contribution in [0.3, 0.4) is 0 Å². The number of fused-ring (bicyclic) bond motifs is 1. The molecule has 0 spiro atoms. The van der Waals surface area contributed by atoms with Crippen molar-refractivity contribution in [1.29, 1.82) is 0 Å². The molecule has 1 saturated carbocycles. The monoisotopic (exact) mass is 361 g/mol. The summed E-state index contributed by atoms with van der Waals surface area (Å²) >= 11 is 0. The Bertz CT molecular complexity index is 483. The van der Waals surface area contributed by atoms with Crippen LogP contribution in [-0.2, 0) is 0 Å². The van der Waals surface area contributed by atoms with Crippen LogP contribution < -0.4 is 0 Å². The normalized spacial score (nSPS) is 38.5. The number of rotatable bonds is 2. The molecule has 0 aromatic rings. The van der Waals surface area contributed by atoms with Crippen molar-refractivity contribution in [3.05, 3.63) is 0 Å². The molecule has 0 bridgehead atoms. The molecule has 0 amide bonds. The van der Waals surface area contributed by atoms with Gasteiger partial charge in [-0.05, 0) is 76.2 Å². The maximum atomic E-state index is 2.84. The first-order valence-corrected chi connectivity index (χ1v) is 11.3. The van der Waals surface area contributed by atoms with Gasteiger partial charge in [-0.25, -0.2) is 0 Å². The fourth-order valence-corrected chi connectivity index (χ4v) is 6.18. The lowest BCUT2D eigenvalue weighted by Gasteiger charge is -2.51. The summed E-state index contributed by atoms with van der Waals surface area (Å²) in [4.78, 5) is 8.41. The second kappa shape index (κ2) is 6.74. The highest BCUT2D eigenvalue weighted by atomic mass is 15.3. The molecule has 4 aliphatic rings. The van der Waals surface area contributed by atoms with Gasteiger partial charge in [0, 0.05) is 50.3 Å². The van der Waals surface area contributed by atoms with Crippen molar-refractivity contribution in [3.8, 4) is 0 Å². The zero-order valence-corrected chi connectivity index (χ0v) is 18.3. The largest absolute Gasteiger partial charge is 0.298 e. The predicted molar refractivity (Wildman–Crippen MR) is 110 cm³/mol. The van der Waals surface area contributed by atoms with E-state index in [0.717, 1.165) is 29.8 Å². The van der Waals surface area contributed by atoms with Crippen LogP contribution in [0.1, 0.15) is 67.2 Å². The lowest BCUT2D eigenvalue weighted by molar-refractivity contribution is -0.0275. The summed E-state index contributed by atoms with van der Waals surface area (Å²) in [6.07, 6.45) is 5.78. The third-order valence-electron chi connectivity index (χ3n) is 8.28. The average molecular weight is 362 g/mol. The Balaban J connectivity index is 1.24. The van der Waals surface area contributed by atoms with E-state index in [2.05, 4.69) is 56.2 Å². The van der Waals surface area contributed by atoms with Crippen LogP contribution in [0.15, 0.2) is 0 Å². The Hall–Kier alpha value is -0.120. The van der Waals surface area contributed by atoms with Crippen molar-refractivity contribution in [2.45, 2.75) is 84.8 Å². The van der Waals surface area contributed by atoms with Crippen LogP contribution in [0, 0.1) is 23.2 Å². The molecule has 150 valence electrons. The van der Waals surface area contributed by atoms with Crippen LogP contribution in [-0.4, -0.2) is 71.6 Å². The second-order valence-corrected chi connectivity index (χ2v) is 12.0. The zero-order chi connectivity index (χ0) is 18.7. The molecular weight excluding hydrogens is 318 g/mol. The molecule has 0 N–H and O–H groups in total. The zero-order valence-electron chi connectivity index (χ0n) is 18.3. The van der Waals surface area contributed by atoms with Gasteiger partial charge in [0.15, 0.2) is 0 Å². The fourth-order valence-electron chi connectivity index (χ4n) is 6.18. The third-order valence-corrected chi connectivity index (χ3v) is 8.28. The number of hydrogen-bond acceptors (Lipinski definition) is 3. The van der Waals surface area contributed by atoms with E-state index in [1.54, 1.807) is 0 Å². The minimum absolute atomic E-state index is 0.361. The van der Waals surface area contributed by atoms with Gasteiger partial charge in [0.05, 0.1) is 0 Å². The van der Waals surface area contributed by atoms with Crippen LogP contribution in [0.25, 0.3) is 0 Å². The van der Waals surface area contributed by atoms with Crippen LogP contribution in [0.4, 0.5) is 0 Å². The first-order valence-electron chi connectivity index (χ1n) is 11.3. The number of piperidine rings is 1. The Morgan fingerprint density at radius 3 is 1.85 bits per heavy atom. The first-order chi connectivity index (χ1) is 12.1. The van der Waals surface area contributed by atoms with Crippen molar-refractivity contribution < 1.29 is 0 Å². The number of hydrogen-bond donors (Lipinski definition) is 0. The summed E-state index contributed by atoms with van der Waals surface area (Å²) in [6.45, 7) is 22.6. The van der Waals surface area contributed by atoms with Gasteiger partial charge in [-0.1, -0.05) is 20.8 Å². The molecule has 4 fully saturated rings. The average Bonchev–Trinajstić information content (AvgIpc) is 3.03. The summed E-state index contributed by atoms with van der Waals surface area (Å²) in [5, 5.41) is 0. The maximum absolute atomic E-state index is 2.84. The molecule has 0 radical (unpaired) electrons. The Morgan fingerprint density at radius 1 is 0.692 bits per heavy atom. The molecule has 1 aliphatic carbocycles. The van der Waals surface area contributed by atoms with Crippen LogP contribution in [0.5, 0.6) is 0 Å². The van der Waals surface area contributed by atoms with E-state index < -0.39 is 0 Å². The molecule has 3 unspecified atom stereocenters. The highest BCUT2D eigenvalue weighted by Crippen LogP contribution is 2.44. The van der Waals surface area contributed by atoms with Gasteiger partial charge in [-0.15, -0.1) is 0 Å².